The molecule has 0 aliphatic carbocycles. The Bertz CT molecular complexity index is 456. The van der Waals surface area contributed by atoms with Gasteiger partial charge in [-0.05, 0) is 30.7 Å². The lowest BCUT2D eigenvalue weighted by Crippen LogP contribution is -2.32. The Morgan fingerprint density at radius 3 is 2.89 bits per heavy atom. The molecule has 0 unspecified atom stereocenters. The van der Waals surface area contributed by atoms with E-state index in [9.17, 15) is 4.79 Å². The number of anilines is 1. The molecule has 1 aromatic rings. The second kappa shape index (κ2) is 5.59. The van der Waals surface area contributed by atoms with Gasteiger partial charge in [-0.3, -0.25) is 9.78 Å². The summed E-state index contributed by atoms with van der Waals surface area (Å²) < 4.78 is 0. The SMILES string of the molecule is CNc1ccncc1C(=O)N1CCCC(C)(C)CC1. The fourth-order valence-corrected chi connectivity index (χ4v) is 2.58. The Hall–Kier alpha value is -1.58. The van der Waals surface area contributed by atoms with Gasteiger partial charge in [0.15, 0.2) is 0 Å². The van der Waals surface area contributed by atoms with E-state index in [1.165, 1.54) is 6.42 Å². The van der Waals surface area contributed by atoms with Gasteiger partial charge in [0.1, 0.15) is 0 Å². The first-order chi connectivity index (χ1) is 9.03. The molecule has 2 rings (SSSR count). The van der Waals surface area contributed by atoms with Crippen LogP contribution in [0.2, 0.25) is 0 Å². The molecule has 1 fully saturated rings. The molecule has 2 heterocycles. The first-order valence-electron chi connectivity index (χ1n) is 6.94. The smallest absolute Gasteiger partial charge is 0.257 e. The standard InChI is InChI=1S/C15H23N3O/c1-15(2)6-4-9-18(10-7-15)14(19)12-11-17-8-5-13(12)16-3/h5,8,11H,4,6-7,9-10H2,1-3H3,(H,16,17). The summed E-state index contributed by atoms with van der Waals surface area (Å²) in [5.74, 6) is 0.0927. The largest absolute Gasteiger partial charge is 0.387 e. The highest BCUT2D eigenvalue weighted by atomic mass is 16.2. The molecule has 104 valence electrons. The Labute approximate surface area is 115 Å². The van der Waals surface area contributed by atoms with E-state index in [4.69, 9.17) is 0 Å². The second-order valence-corrected chi connectivity index (χ2v) is 5.98. The molecule has 1 N–H and O–H groups in total. The molecule has 1 saturated heterocycles. The van der Waals surface area contributed by atoms with Crippen LogP contribution in [0.1, 0.15) is 43.5 Å². The van der Waals surface area contributed by atoms with Crippen LogP contribution in [0.4, 0.5) is 5.69 Å². The van der Waals surface area contributed by atoms with Crippen molar-refractivity contribution in [2.45, 2.75) is 33.1 Å². The second-order valence-electron chi connectivity index (χ2n) is 5.98. The van der Waals surface area contributed by atoms with Gasteiger partial charge in [0.05, 0.1) is 5.56 Å². The van der Waals surface area contributed by atoms with Crippen LogP contribution >= 0.6 is 0 Å². The van der Waals surface area contributed by atoms with E-state index >= 15 is 0 Å². The number of hydrogen-bond donors (Lipinski definition) is 1. The summed E-state index contributed by atoms with van der Waals surface area (Å²) in [5.41, 5.74) is 1.86. The topological polar surface area (TPSA) is 45.2 Å². The number of hydrogen-bond acceptors (Lipinski definition) is 3. The number of aromatic nitrogens is 1. The van der Waals surface area contributed by atoms with Gasteiger partial charge >= 0.3 is 0 Å². The molecule has 1 aliphatic heterocycles. The van der Waals surface area contributed by atoms with Gasteiger partial charge in [-0.15, -0.1) is 0 Å². The molecule has 0 saturated carbocycles. The van der Waals surface area contributed by atoms with Gasteiger partial charge in [0.2, 0.25) is 0 Å². The van der Waals surface area contributed by atoms with Gasteiger partial charge in [-0.25, -0.2) is 0 Å². The molecule has 1 aliphatic rings. The zero-order valence-electron chi connectivity index (χ0n) is 12.1. The first kappa shape index (κ1) is 13.8. The number of amides is 1. The van der Waals surface area contributed by atoms with Crippen molar-refractivity contribution in [3.05, 3.63) is 24.0 Å². The van der Waals surface area contributed by atoms with E-state index in [1.807, 2.05) is 18.0 Å². The summed E-state index contributed by atoms with van der Waals surface area (Å²) in [6.45, 7) is 6.25. The molecular formula is C15H23N3O. The molecule has 1 amide bonds. The van der Waals surface area contributed by atoms with Crippen LogP contribution in [0.3, 0.4) is 0 Å². The van der Waals surface area contributed by atoms with Gasteiger partial charge in [-0.2, -0.15) is 0 Å². The van der Waals surface area contributed by atoms with Crippen molar-refractivity contribution in [3.8, 4) is 0 Å². The van der Waals surface area contributed by atoms with Crippen LogP contribution in [0.15, 0.2) is 18.5 Å². The molecule has 4 heteroatoms. The van der Waals surface area contributed by atoms with E-state index in [1.54, 1.807) is 12.4 Å². The number of nitrogens with zero attached hydrogens (tertiary/aromatic N) is 2. The van der Waals surface area contributed by atoms with Crippen LogP contribution in [0, 0.1) is 5.41 Å². The van der Waals surface area contributed by atoms with Crippen molar-refractivity contribution in [3.63, 3.8) is 0 Å². The molecule has 0 aromatic carbocycles. The highest BCUT2D eigenvalue weighted by Gasteiger charge is 2.26. The maximum absolute atomic E-state index is 12.6. The van der Waals surface area contributed by atoms with Crippen molar-refractivity contribution >= 4 is 11.6 Å². The number of nitrogens with one attached hydrogen (secondary N) is 1. The van der Waals surface area contributed by atoms with Gasteiger partial charge in [0, 0.05) is 38.2 Å². The average molecular weight is 261 g/mol. The zero-order valence-corrected chi connectivity index (χ0v) is 12.1. The number of pyridine rings is 1. The molecule has 1 aromatic heterocycles. The summed E-state index contributed by atoms with van der Waals surface area (Å²) in [4.78, 5) is 18.6. The quantitative estimate of drug-likeness (QED) is 0.890. The zero-order chi connectivity index (χ0) is 13.9. The highest BCUT2D eigenvalue weighted by Crippen LogP contribution is 2.30. The molecule has 0 radical (unpaired) electrons. The molecular weight excluding hydrogens is 238 g/mol. The third-order valence-corrected chi connectivity index (χ3v) is 3.95. The number of rotatable bonds is 2. The average Bonchev–Trinajstić information content (AvgIpc) is 2.59. The maximum atomic E-state index is 12.6. The van der Waals surface area contributed by atoms with Crippen molar-refractivity contribution in [2.75, 3.05) is 25.5 Å². The Balaban J connectivity index is 2.15. The monoisotopic (exact) mass is 261 g/mol. The normalized spacial score (nSPS) is 18.8. The summed E-state index contributed by atoms with van der Waals surface area (Å²) in [6.07, 6.45) is 6.68. The molecule has 0 bridgehead atoms. The van der Waals surface area contributed by atoms with Gasteiger partial charge < -0.3 is 10.2 Å². The lowest BCUT2D eigenvalue weighted by molar-refractivity contribution is 0.0758. The Kier molecular flexibility index (Phi) is 4.08. The Morgan fingerprint density at radius 2 is 2.16 bits per heavy atom. The fraction of sp³-hybridized carbons (Fsp3) is 0.600. The van der Waals surface area contributed by atoms with E-state index < -0.39 is 0 Å². The van der Waals surface area contributed by atoms with Gasteiger partial charge in [-0.1, -0.05) is 13.8 Å². The first-order valence-corrected chi connectivity index (χ1v) is 6.94. The summed E-state index contributed by atoms with van der Waals surface area (Å²) in [5, 5.41) is 3.06. The third-order valence-electron chi connectivity index (χ3n) is 3.95. The van der Waals surface area contributed by atoms with Crippen LogP contribution < -0.4 is 5.32 Å². The van der Waals surface area contributed by atoms with E-state index in [0.717, 1.165) is 31.6 Å². The molecule has 0 spiro atoms. The van der Waals surface area contributed by atoms with E-state index in [0.29, 0.717) is 11.0 Å². The third kappa shape index (κ3) is 3.25. The summed E-state index contributed by atoms with van der Waals surface area (Å²) >= 11 is 0. The maximum Gasteiger partial charge on any atom is 0.257 e. The minimum absolute atomic E-state index is 0.0927. The summed E-state index contributed by atoms with van der Waals surface area (Å²) in [6, 6.07) is 1.84. The Morgan fingerprint density at radius 1 is 1.37 bits per heavy atom. The number of carbonyl (C=O) groups excluding carboxylic acids is 1. The minimum atomic E-state index is 0.0927. The van der Waals surface area contributed by atoms with Gasteiger partial charge in [0.25, 0.3) is 5.91 Å². The van der Waals surface area contributed by atoms with E-state index in [2.05, 4.69) is 24.1 Å². The number of likely N-dealkylation sites (tertiary alicyclic amines) is 1. The van der Waals surface area contributed by atoms with Crippen molar-refractivity contribution < 1.29 is 4.79 Å². The predicted molar refractivity (Wildman–Crippen MR) is 77.3 cm³/mol. The number of carbonyl (C=O) groups is 1. The van der Waals surface area contributed by atoms with Crippen molar-refractivity contribution in [1.29, 1.82) is 0 Å². The fourth-order valence-electron chi connectivity index (χ4n) is 2.58. The highest BCUT2D eigenvalue weighted by molar-refractivity contribution is 5.99. The van der Waals surface area contributed by atoms with Crippen LogP contribution in [0.25, 0.3) is 0 Å². The minimum Gasteiger partial charge on any atom is -0.387 e. The van der Waals surface area contributed by atoms with Crippen LogP contribution in [-0.2, 0) is 0 Å². The predicted octanol–water partition coefficient (Wildman–Crippen LogP) is 2.78. The van der Waals surface area contributed by atoms with Crippen molar-refractivity contribution in [2.24, 2.45) is 5.41 Å². The van der Waals surface area contributed by atoms with Crippen molar-refractivity contribution in [1.82, 2.24) is 9.88 Å². The van der Waals surface area contributed by atoms with E-state index in [-0.39, 0.29) is 5.91 Å². The summed E-state index contributed by atoms with van der Waals surface area (Å²) in [7, 11) is 1.83. The lowest BCUT2D eigenvalue weighted by Gasteiger charge is -2.24. The molecule has 19 heavy (non-hydrogen) atoms. The van der Waals surface area contributed by atoms with Crippen LogP contribution in [-0.4, -0.2) is 35.9 Å². The lowest BCUT2D eigenvalue weighted by atomic mass is 9.85. The molecule has 4 nitrogen and oxygen atoms in total. The molecule has 0 atom stereocenters. The van der Waals surface area contributed by atoms with Crippen LogP contribution in [0.5, 0.6) is 0 Å².